The molecule has 1 unspecified atom stereocenters. The molecule has 1 saturated heterocycles. The van der Waals surface area contributed by atoms with Gasteiger partial charge in [0.2, 0.25) is 17.7 Å². The van der Waals surface area contributed by atoms with E-state index in [1.165, 1.54) is 11.1 Å². The van der Waals surface area contributed by atoms with Gasteiger partial charge in [-0.3, -0.25) is 19.2 Å². The maximum atomic E-state index is 13.8. The molecule has 4 amide bonds. The number of nitrogens with one attached hydrogen (secondary N) is 4. The number of nitriles is 2. The van der Waals surface area contributed by atoms with Crippen molar-refractivity contribution in [3.8, 4) is 17.9 Å². The number of anilines is 1. The summed E-state index contributed by atoms with van der Waals surface area (Å²) in [4.78, 5) is 58.7. The number of aliphatic hydroxyl groups is 1. The Morgan fingerprint density at radius 3 is 2.32 bits per heavy atom. The van der Waals surface area contributed by atoms with Crippen molar-refractivity contribution in [1.82, 2.24) is 25.8 Å². The highest BCUT2D eigenvalue weighted by atomic mass is 35.5. The molecule has 1 aromatic heterocycles. The summed E-state index contributed by atoms with van der Waals surface area (Å²) in [6.45, 7) is 14.6. The Bertz CT molecular complexity index is 2180. The molecule has 5 N–H and O–H groups in total. The Balaban J connectivity index is 0.991. The zero-order valence-corrected chi connectivity index (χ0v) is 37.8. The molecule has 0 spiro atoms. The van der Waals surface area contributed by atoms with Crippen molar-refractivity contribution in [2.75, 3.05) is 31.6 Å². The second-order valence-corrected chi connectivity index (χ2v) is 19.0. The highest BCUT2D eigenvalue weighted by Crippen LogP contribution is 2.55. The smallest absolute Gasteiger partial charge is 0.251 e. The van der Waals surface area contributed by atoms with Gasteiger partial charge in [0.1, 0.15) is 48.4 Å². The van der Waals surface area contributed by atoms with E-state index in [2.05, 4.69) is 60.0 Å². The average molecular weight is 883 g/mol. The summed E-state index contributed by atoms with van der Waals surface area (Å²) in [7, 11) is 0. The van der Waals surface area contributed by atoms with Crippen LogP contribution in [0.25, 0.3) is 0 Å². The van der Waals surface area contributed by atoms with Gasteiger partial charge in [-0.05, 0) is 72.7 Å². The Hall–Kier alpha value is -5.74. The van der Waals surface area contributed by atoms with Crippen LogP contribution in [-0.4, -0.2) is 95.3 Å². The van der Waals surface area contributed by atoms with Gasteiger partial charge in [-0.1, -0.05) is 66.1 Å². The third-order valence-electron chi connectivity index (χ3n) is 11.8. The molecule has 5 rings (SSSR count). The predicted molar refractivity (Wildman–Crippen MR) is 237 cm³/mol. The Morgan fingerprint density at radius 1 is 0.984 bits per heavy atom. The number of benzene rings is 2. The first-order valence-electron chi connectivity index (χ1n) is 21.3. The number of β-amino-alcohol motifs (C(OH)–C–C–N with tert-alkyl or cyclic N) is 1. The number of amides is 4. The van der Waals surface area contributed by atoms with Gasteiger partial charge in [0.15, 0.2) is 0 Å². The molecule has 1 aliphatic heterocycles. The van der Waals surface area contributed by atoms with Crippen molar-refractivity contribution in [2.45, 2.75) is 111 Å². The molecule has 3 aromatic rings. The number of rotatable bonds is 18. The molecule has 15 nitrogen and oxygen atoms in total. The molecule has 336 valence electrons. The first-order valence-corrected chi connectivity index (χ1v) is 21.6. The van der Waals surface area contributed by atoms with Crippen LogP contribution in [0.2, 0.25) is 5.02 Å². The van der Waals surface area contributed by atoms with Crippen molar-refractivity contribution < 1.29 is 33.8 Å². The fourth-order valence-corrected chi connectivity index (χ4v) is 8.89. The van der Waals surface area contributed by atoms with E-state index in [4.69, 9.17) is 26.3 Å². The van der Waals surface area contributed by atoms with E-state index in [0.717, 1.165) is 24.9 Å². The van der Waals surface area contributed by atoms with Crippen LogP contribution in [0.15, 0.2) is 60.8 Å². The summed E-state index contributed by atoms with van der Waals surface area (Å²) >= 11 is 6.23. The van der Waals surface area contributed by atoms with E-state index in [9.17, 15) is 29.5 Å². The van der Waals surface area contributed by atoms with Crippen molar-refractivity contribution >= 4 is 40.9 Å². The van der Waals surface area contributed by atoms with E-state index in [0.29, 0.717) is 40.6 Å². The van der Waals surface area contributed by atoms with Gasteiger partial charge in [0.05, 0.1) is 16.7 Å². The lowest BCUT2D eigenvalue weighted by molar-refractivity contribution is -0.164. The van der Waals surface area contributed by atoms with E-state index in [1.807, 2.05) is 39.0 Å². The highest BCUT2D eigenvalue weighted by Gasteiger charge is 2.64. The maximum Gasteiger partial charge on any atom is 0.251 e. The third kappa shape index (κ3) is 12.0. The molecule has 0 radical (unpaired) electrons. The number of hydrogen-bond donors (Lipinski definition) is 5. The molecule has 2 fully saturated rings. The Morgan fingerprint density at radius 2 is 1.70 bits per heavy atom. The number of nitrogens with zero attached hydrogens (tertiary/aromatic N) is 4. The molecule has 16 heteroatoms. The lowest BCUT2D eigenvalue weighted by Crippen LogP contribution is -2.74. The predicted octanol–water partition coefficient (Wildman–Crippen LogP) is 5.50. The van der Waals surface area contributed by atoms with Gasteiger partial charge >= 0.3 is 0 Å². The van der Waals surface area contributed by atoms with Crippen molar-refractivity contribution in [3.63, 3.8) is 0 Å². The summed E-state index contributed by atoms with van der Waals surface area (Å²) in [6, 6.07) is 17.5. The SMILES string of the molecule is CC(C)(C)C(NC(=O)COCCCCCNc1ccc(C(=O)N[C@H]2C(C)(C)[C@H](Oc3ccc(C#N)c(Cl)c3)C2(C)C)cc1)C(=O)N1C[C@H](O)C[C@H]1C(=O)NCc1ccc(C#N)nc1. The second kappa shape index (κ2) is 20.6. The van der Waals surface area contributed by atoms with Crippen molar-refractivity contribution in [1.29, 1.82) is 10.5 Å². The molecule has 2 aliphatic rings. The molecule has 1 saturated carbocycles. The average Bonchev–Trinajstić information content (AvgIpc) is 3.65. The van der Waals surface area contributed by atoms with Gasteiger partial charge in [0.25, 0.3) is 5.91 Å². The zero-order valence-electron chi connectivity index (χ0n) is 37.1. The summed E-state index contributed by atoms with van der Waals surface area (Å²) in [5.41, 5.74) is 1.29. The largest absolute Gasteiger partial charge is 0.489 e. The highest BCUT2D eigenvalue weighted by molar-refractivity contribution is 6.31. The van der Waals surface area contributed by atoms with Gasteiger partial charge in [-0.2, -0.15) is 10.5 Å². The molecule has 3 atom stereocenters. The summed E-state index contributed by atoms with van der Waals surface area (Å²) in [6.07, 6.45) is 2.87. The number of hydrogen-bond acceptors (Lipinski definition) is 11. The van der Waals surface area contributed by atoms with E-state index >= 15 is 0 Å². The van der Waals surface area contributed by atoms with Crippen LogP contribution in [-0.2, 0) is 25.7 Å². The fraction of sp³-hybridized carbons (Fsp3) is 0.511. The quantitative estimate of drug-likeness (QED) is 0.101. The normalized spacial score (nSPS) is 20.3. The van der Waals surface area contributed by atoms with Crippen molar-refractivity contribution in [3.05, 3.63) is 88.2 Å². The zero-order chi connectivity index (χ0) is 46.1. The first-order chi connectivity index (χ1) is 29.8. The van der Waals surface area contributed by atoms with Crippen molar-refractivity contribution in [2.24, 2.45) is 16.2 Å². The van der Waals surface area contributed by atoms with Crippen LogP contribution >= 0.6 is 11.6 Å². The molecular formula is C47H59ClN8O7. The number of aromatic nitrogens is 1. The molecule has 1 aliphatic carbocycles. The van der Waals surface area contributed by atoms with Crippen LogP contribution in [0.4, 0.5) is 5.69 Å². The molecular weight excluding hydrogens is 824 g/mol. The number of ether oxygens (including phenoxy) is 2. The van der Waals surface area contributed by atoms with Crippen LogP contribution in [0.1, 0.15) is 101 Å². The second-order valence-electron chi connectivity index (χ2n) is 18.6. The molecule has 63 heavy (non-hydrogen) atoms. The van der Waals surface area contributed by atoms with Gasteiger partial charge in [-0.15, -0.1) is 0 Å². The molecule has 2 aromatic carbocycles. The number of carbonyl (C=O) groups is 4. The standard InChI is InChI=1S/C47H59ClN8O7/c1-45(2,3)39(42(61)56-27-34(57)21-37(56)41(60)53-26-29-11-15-33(24-50)52-25-29)54-38(58)28-62-20-10-8-9-19-51-32-16-12-30(13-17-32)40(59)55-43-46(4,5)44(47(43,6)7)63-35-18-14-31(23-49)36(48)22-35/h11-18,22,25,34,37,39,43-44,51,57H,8-10,19-21,26-28H2,1-7H3,(H,53,60)(H,54,58)(H,55,59)/t34-,37+,39?,43-,44-/m1/s1. The molecule has 0 bridgehead atoms. The topological polar surface area (TPSA) is 219 Å². The Labute approximate surface area is 374 Å². The third-order valence-corrected chi connectivity index (χ3v) is 12.1. The van der Waals surface area contributed by atoms with Crippen LogP contribution in [0, 0.1) is 38.9 Å². The number of halogens is 1. The van der Waals surface area contributed by atoms with Gasteiger partial charge in [-0.25, -0.2) is 4.98 Å². The van der Waals surface area contributed by atoms with Gasteiger partial charge in [0, 0.05) is 73.0 Å². The van der Waals surface area contributed by atoms with Gasteiger partial charge < -0.3 is 40.7 Å². The van der Waals surface area contributed by atoms with E-state index < -0.39 is 41.3 Å². The summed E-state index contributed by atoms with van der Waals surface area (Å²) < 4.78 is 12.0. The van der Waals surface area contributed by atoms with E-state index in [-0.39, 0.29) is 60.7 Å². The number of aliphatic hydroxyl groups excluding tert-OH is 1. The summed E-state index contributed by atoms with van der Waals surface area (Å²) in [5.74, 6) is -0.954. The number of likely N-dealkylation sites (tertiary alicyclic amines) is 1. The summed E-state index contributed by atoms with van der Waals surface area (Å²) in [5, 5.41) is 41.1. The minimum absolute atomic E-state index is 0.0401. The Kier molecular flexibility index (Phi) is 15.8. The van der Waals surface area contributed by atoms with Crippen LogP contribution in [0.5, 0.6) is 5.75 Å². The van der Waals surface area contributed by atoms with Crippen LogP contribution < -0.4 is 26.0 Å². The monoisotopic (exact) mass is 882 g/mol. The lowest BCUT2D eigenvalue weighted by Gasteiger charge is -2.63. The van der Waals surface area contributed by atoms with Crippen LogP contribution in [0.3, 0.4) is 0 Å². The molecule has 2 heterocycles. The maximum absolute atomic E-state index is 13.8. The van der Waals surface area contributed by atoms with E-state index in [1.54, 1.807) is 42.5 Å². The first kappa shape index (κ1) is 48.3. The minimum Gasteiger partial charge on any atom is -0.489 e. The fourth-order valence-electron chi connectivity index (χ4n) is 8.68. The number of carbonyl (C=O) groups excluding carboxylic acids is 4. The number of unbranched alkanes of at least 4 members (excludes halogenated alkanes) is 2. The lowest BCUT2D eigenvalue weighted by atomic mass is 9.49. The minimum atomic E-state index is -0.968. The number of pyridine rings is 1.